The minimum absolute atomic E-state index is 0.264. The Morgan fingerprint density at radius 2 is 2.21 bits per heavy atom. The van der Waals surface area contributed by atoms with Crippen LogP contribution in [0.15, 0.2) is 11.4 Å². The molecule has 2 aliphatic heterocycles. The summed E-state index contributed by atoms with van der Waals surface area (Å²) in [5, 5.41) is 5.94. The zero-order chi connectivity index (χ0) is 9.43. The van der Waals surface area contributed by atoms with Crippen molar-refractivity contribution in [2.75, 3.05) is 19.8 Å². The Labute approximate surface area is 88.3 Å². The molecular formula is C11H15NOS. The van der Waals surface area contributed by atoms with Gasteiger partial charge in [0.2, 0.25) is 0 Å². The fourth-order valence-electron chi connectivity index (χ4n) is 2.59. The van der Waals surface area contributed by atoms with E-state index in [0.29, 0.717) is 0 Å². The molecule has 1 aromatic rings. The highest BCUT2D eigenvalue weighted by molar-refractivity contribution is 7.10. The second-order valence-electron chi connectivity index (χ2n) is 4.15. The van der Waals surface area contributed by atoms with Crippen LogP contribution in [0, 0.1) is 0 Å². The van der Waals surface area contributed by atoms with Crippen LogP contribution >= 0.6 is 11.3 Å². The van der Waals surface area contributed by atoms with Crippen LogP contribution in [0.2, 0.25) is 0 Å². The van der Waals surface area contributed by atoms with Crippen molar-refractivity contribution in [1.29, 1.82) is 0 Å². The molecule has 0 bridgehead atoms. The summed E-state index contributed by atoms with van der Waals surface area (Å²) < 4.78 is 5.45. The van der Waals surface area contributed by atoms with Gasteiger partial charge in [-0.1, -0.05) is 0 Å². The Balaban J connectivity index is 2.01. The van der Waals surface area contributed by atoms with Gasteiger partial charge in [-0.2, -0.15) is 0 Å². The van der Waals surface area contributed by atoms with Crippen LogP contribution in [0.5, 0.6) is 0 Å². The molecule has 76 valence electrons. The molecule has 0 saturated carbocycles. The monoisotopic (exact) mass is 209 g/mol. The molecule has 1 N–H and O–H groups in total. The van der Waals surface area contributed by atoms with Crippen molar-refractivity contribution >= 4 is 11.3 Å². The van der Waals surface area contributed by atoms with Crippen LogP contribution in [0.1, 0.15) is 23.3 Å². The first-order valence-electron chi connectivity index (χ1n) is 5.30. The molecule has 0 aromatic carbocycles. The van der Waals surface area contributed by atoms with Gasteiger partial charge in [-0.05, 0) is 36.3 Å². The van der Waals surface area contributed by atoms with E-state index >= 15 is 0 Å². The first-order chi connectivity index (χ1) is 6.91. The molecule has 1 aromatic heterocycles. The van der Waals surface area contributed by atoms with Crippen molar-refractivity contribution < 1.29 is 4.74 Å². The van der Waals surface area contributed by atoms with Crippen molar-refractivity contribution in [3.63, 3.8) is 0 Å². The number of thiophene rings is 1. The van der Waals surface area contributed by atoms with E-state index in [4.69, 9.17) is 4.74 Å². The number of hydrogen-bond donors (Lipinski definition) is 1. The van der Waals surface area contributed by atoms with Gasteiger partial charge >= 0.3 is 0 Å². The third-order valence-corrected chi connectivity index (χ3v) is 4.55. The lowest BCUT2D eigenvalue weighted by Crippen LogP contribution is -2.49. The Morgan fingerprint density at radius 1 is 1.36 bits per heavy atom. The highest BCUT2D eigenvalue weighted by Crippen LogP contribution is 2.39. The SMILES string of the molecule is c1cc2c(s1)C1(CCOCC1)NCC2. The number of ether oxygens (including phenoxy) is 1. The maximum atomic E-state index is 5.45. The van der Waals surface area contributed by atoms with Crippen molar-refractivity contribution in [3.8, 4) is 0 Å². The van der Waals surface area contributed by atoms with E-state index in [1.165, 1.54) is 6.42 Å². The van der Waals surface area contributed by atoms with Gasteiger partial charge in [-0.25, -0.2) is 0 Å². The fourth-order valence-corrected chi connectivity index (χ4v) is 3.78. The van der Waals surface area contributed by atoms with E-state index in [2.05, 4.69) is 16.8 Å². The number of rotatable bonds is 0. The lowest BCUT2D eigenvalue weighted by Gasteiger charge is -2.41. The zero-order valence-electron chi connectivity index (χ0n) is 8.21. The van der Waals surface area contributed by atoms with Gasteiger partial charge < -0.3 is 10.1 Å². The molecule has 2 aliphatic rings. The summed E-state index contributed by atoms with van der Waals surface area (Å²) in [7, 11) is 0. The lowest BCUT2D eigenvalue weighted by molar-refractivity contribution is 0.0357. The van der Waals surface area contributed by atoms with Crippen LogP contribution < -0.4 is 5.32 Å². The Kier molecular flexibility index (Phi) is 2.11. The normalized spacial score (nSPS) is 24.9. The Bertz CT molecular complexity index is 328. The molecular weight excluding hydrogens is 194 g/mol. The standard InChI is InChI=1S/C11H15NOS/c1-5-12-11(3-6-13-7-4-11)10-9(1)2-8-14-10/h2,8,12H,1,3-7H2. The second kappa shape index (κ2) is 3.33. The predicted octanol–water partition coefficient (Wildman–Crippen LogP) is 1.90. The van der Waals surface area contributed by atoms with Gasteiger partial charge in [0.1, 0.15) is 0 Å². The molecule has 0 unspecified atom stereocenters. The number of hydrogen-bond acceptors (Lipinski definition) is 3. The van der Waals surface area contributed by atoms with E-state index in [0.717, 1.165) is 32.6 Å². The molecule has 0 aliphatic carbocycles. The van der Waals surface area contributed by atoms with Crippen LogP contribution in [0.3, 0.4) is 0 Å². The van der Waals surface area contributed by atoms with Gasteiger partial charge in [-0.3, -0.25) is 0 Å². The molecule has 1 spiro atoms. The minimum atomic E-state index is 0.264. The average molecular weight is 209 g/mol. The molecule has 2 nitrogen and oxygen atoms in total. The van der Waals surface area contributed by atoms with Gasteiger partial charge in [-0.15, -0.1) is 11.3 Å². The van der Waals surface area contributed by atoms with Crippen LogP contribution in [0.4, 0.5) is 0 Å². The molecule has 3 heteroatoms. The van der Waals surface area contributed by atoms with Gasteiger partial charge in [0.25, 0.3) is 0 Å². The van der Waals surface area contributed by atoms with E-state index in [-0.39, 0.29) is 5.54 Å². The summed E-state index contributed by atoms with van der Waals surface area (Å²) in [6.45, 7) is 2.94. The topological polar surface area (TPSA) is 21.3 Å². The van der Waals surface area contributed by atoms with Crippen molar-refractivity contribution in [1.82, 2.24) is 5.32 Å². The number of fused-ring (bicyclic) bond motifs is 2. The number of nitrogens with one attached hydrogen (secondary N) is 1. The van der Waals surface area contributed by atoms with Crippen LogP contribution in [0.25, 0.3) is 0 Å². The summed E-state index contributed by atoms with van der Waals surface area (Å²) in [6, 6.07) is 2.29. The molecule has 3 rings (SSSR count). The maximum Gasteiger partial charge on any atom is 0.0575 e. The van der Waals surface area contributed by atoms with E-state index in [1.54, 1.807) is 10.4 Å². The third-order valence-electron chi connectivity index (χ3n) is 3.39. The summed E-state index contributed by atoms with van der Waals surface area (Å²) in [4.78, 5) is 1.58. The smallest absolute Gasteiger partial charge is 0.0575 e. The molecule has 1 saturated heterocycles. The summed E-state index contributed by atoms with van der Waals surface area (Å²) >= 11 is 1.91. The van der Waals surface area contributed by atoms with Crippen LogP contribution in [-0.4, -0.2) is 19.8 Å². The zero-order valence-corrected chi connectivity index (χ0v) is 9.03. The Morgan fingerprint density at radius 3 is 3.07 bits per heavy atom. The molecule has 0 atom stereocenters. The summed E-state index contributed by atoms with van der Waals surface area (Å²) in [6.07, 6.45) is 3.47. The summed E-state index contributed by atoms with van der Waals surface area (Å²) in [5.41, 5.74) is 1.83. The van der Waals surface area contributed by atoms with Crippen molar-refractivity contribution in [2.24, 2.45) is 0 Å². The average Bonchev–Trinajstić information content (AvgIpc) is 2.69. The molecule has 14 heavy (non-hydrogen) atoms. The predicted molar refractivity (Wildman–Crippen MR) is 57.8 cm³/mol. The largest absolute Gasteiger partial charge is 0.381 e. The van der Waals surface area contributed by atoms with Gasteiger partial charge in [0.15, 0.2) is 0 Å². The van der Waals surface area contributed by atoms with Crippen LogP contribution in [-0.2, 0) is 16.7 Å². The molecule has 0 amide bonds. The van der Waals surface area contributed by atoms with E-state index in [9.17, 15) is 0 Å². The Hall–Kier alpha value is -0.380. The molecule has 0 radical (unpaired) electrons. The molecule has 3 heterocycles. The lowest BCUT2D eigenvalue weighted by atomic mass is 9.83. The summed E-state index contributed by atoms with van der Waals surface area (Å²) in [5.74, 6) is 0. The highest BCUT2D eigenvalue weighted by atomic mass is 32.1. The van der Waals surface area contributed by atoms with E-state index < -0.39 is 0 Å². The first kappa shape index (κ1) is 8.89. The van der Waals surface area contributed by atoms with Gasteiger partial charge in [0.05, 0.1) is 5.54 Å². The van der Waals surface area contributed by atoms with Crippen molar-refractivity contribution in [2.45, 2.75) is 24.8 Å². The molecule has 1 fully saturated rings. The van der Waals surface area contributed by atoms with Gasteiger partial charge in [0, 0.05) is 24.6 Å². The highest BCUT2D eigenvalue weighted by Gasteiger charge is 2.38. The second-order valence-corrected chi connectivity index (χ2v) is 5.06. The quantitative estimate of drug-likeness (QED) is 0.704. The third kappa shape index (κ3) is 1.23. The maximum absolute atomic E-state index is 5.45. The van der Waals surface area contributed by atoms with E-state index in [1.807, 2.05) is 11.3 Å². The minimum Gasteiger partial charge on any atom is -0.381 e. The fraction of sp³-hybridized carbons (Fsp3) is 0.636. The first-order valence-corrected chi connectivity index (χ1v) is 6.18. The van der Waals surface area contributed by atoms with Crippen molar-refractivity contribution in [3.05, 3.63) is 21.9 Å².